The highest BCUT2D eigenvalue weighted by atomic mass is 16.3. The van der Waals surface area contributed by atoms with Crippen LogP contribution in [0.1, 0.15) is 35.3 Å². The zero-order valence-corrected chi connectivity index (χ0v) is 11.6. The number of rotatable bonds is 2. The van der Waals surface area contributed by atoms with Crippen LogP contribution in [0.15, 0.2) is 55.0 Å². The van der Waals surface area contributed by atoms with Gasteiger partial charge in [0.25, 0.3) is 0 Å². The van der Waals surface area contributed by atoms with E-state index < -0.39 is 6.10 Å². The maximum atomic E-state index is 10.9. The Labute approximate surface area is 123 Å². The molecule has 3 aromatic rings. The van der Waals surface area contributed by atoms with Crippen molar-refractivity contribution in [2.75, 3.05) is 0 Å². The molecular formula is C18H16N2O. The molecule has 0 amide bonds. The molecule has 4 rings (SSSR count). The smallest absolute Gasteiger partial charge is 0.0894 e. The second-order valence-corrected chi connectivity index (χ2v) is 5.59. The van der Waals surface area contributed by atoms with E-state index in [2.05, 4.69) is 16.0 Å². The van der Waals surface area contributed by atoms with E-state index in [-0.39, 0.29) is 5.92 Å². The Morgan fingerprint density at radius 1 is 1.10 bits per heavy atom. The Bertz CT molecular complexity index is 795. The van der Waals surface area contributed by atoms with Gasteiger partial charge in [0.2, 0.25) is 0 Å². The van der Waals surface area contributed by atoms with Crippen LogP contribution in [0.4, 0.5) is 0 Å². The van der Waals surface area contributed by atoms with Gasteiger partial charge in [0, 0.05) is 41.2 Å². The summed E-state index contributed by atoms with van der Waals surface area (Å²) in [6.45, 7) is 0. The van der Waals surface area contributed by atoms with E-state index in [1.807, 2.05) is 42.7 Å². The van der Waals surface area contributed by atoms with Gasteiger partial charge >= 0.3 is 0 Å². The lowest BCUT2D eigenvalue weighted by Crippen LogP contribution is -2.10. The molecule has 21 heavy (non-hydrogen) atoms. The minimum Gasteiger partial charge on any atom is -0.388 e. The van der Waals surface area contributed by atoms with E-state index in [4.69, 9.17) is 0 Å². The van der Waals surface area contributed by atoms with Crippen LogP contribution in [0.3, 0.4) is 0 Å². The summed E-state index contributed by atoms with van der Waals surface area (Å²) < 4.78 is 0. The second-order valence-electron chi connectivity index (χ2n) is 5.59. The van der Waals surface area contributed by atoms with Crippen molar-refractivity contribution < 1.29 is 5.11 Å². The summed E-state index contributed by atoms with van der Waals surface area (Å²) in [5.41, 5.74) is 3.20. The Morgan fingerprint density at radius 3 is 2.95 bits per heavy atom. The van der Waals surface area contributed by atoms with Gasteiger partial charge in [-0.1, -0.05) is 30.3 Å². The van der Waals surface area contributed by atoms with Crippen LogP contribution in [-0.4, -0.2) is 15.1 Å². The minimum atomic E-state index is -0.556. The highest BCUT2D eigenvalue weighted by Crippen LogP contribution is 2.41. The molecule has 2 aromatic heterocycles. The molecule has 1 aliphatic carbocycles. The number of nitrogens with zero attached hydrogens (tertiary/aromatic N) is 2. The molecular weight excluding hydrogens is 260 g/mol. The molecule has 1 aromatic carbocycles. The topological polar surface area (TPSA) is 46.0 Å². The molecule has 1 N–H and O–H groups in total. The van der Waals surface area contributed by atoms with Crippen LogP contribution in [-0.2, 0) is 6.42 Å². The Kier molecular flexibility index (Phi) is 2.93. The summed E-state index contributed by atoms with van der Waals surface area (Å²) in [6.07, 6.45) is 6.81. The number of fused-ring (bicyclic) bond motifs is 2. The van der Waals surface area contributed by atoms with Gasteiger partial charge in [-0.25, -0.2) is 0 Å². The monoisotopic (exact) mass is 276 g/mol. The van der Waals surface area contributed by atoms with Crippen LogP contribution in [0, 0.1) is 0 Å². The van der Waals surface area contributed by atoms with Gasteiger partial charge in [-0.15, -0.1) is 0 Å². The molecule has 2 unspecified atom stereocenters. The predicted molar refractivity (Wildman–Crippen MR) is 82.0 cm³/mol. The molecule has 3 heteroatoms. The fourth-order valence-corrected chi connectivity index (χ4v) is 3.34. The number of aromatic nitrogens is 2. The minimum absolute atomic E-state index is 0.0637. The first-order valence-electron chi connectivity index (χ1n) is 7.29. The standard InChI is InChI=1S/C18H16N2O/c21-18(15-8-7-12-5-3-9-20-17(12)15)16-11-19-10-13-4-1-2-6-14(13)16/h1-6,9-11,15,18,21H,7-8H2. The average molecular weight is 276 g/mol. The van der Waals surface area contributed by atoms with E-state index >= 15 is 0 Å². The zero-order valence-electron chi connectivity index (χ0n) is 11.6. The molecule has 0 fully saturated rings. The quantitative estimate of drug-likeness (QED) is 0.780. The first-order valence-corrected chi connectivity index (χ1v) is 7.29. The summed E-state index contributed by atoms with van der Waals surface area (Å²) in [5.74, 6) is 0.0637. The van der Waals surface area contributed by atoms with Crippen molar-refractivity contribution in [3.8, 4) is 0 Å². The molecule has 0 radical (unpaired) electrons. The first kappa shape index (κ1) is 12.5. The van der Waals surface area contributed by atoms with Crippen LogP contribution >= 0.6 is 0 Å². The van der Waals surface area contributed by atoms with Gasteiger partial charge in [0.15, 0.2) is 0 Å². The average Bonchev–Trinajstić information content (AvgIpc) is 2.98. The molecule has 104 valence electrons. The van der Waals surface area contributed by atoms with Crippen molar-refractivity contribution in [3.05, 3.63) is 71.8 Å². The molecule has 1 aliphatic rings. The fourth-order valence-electron chi connectivity index (χ4n) is 3.34. The summed E-state index contributed by atoms with van der Waals surface area (Å²) >= 11 is 0. The molecule has 3 nitrogen and oxygen atoms in total. The van der Waals surface area contributed by atoms with E-state index in [9.17, 15) is 5.11 Å². The second kappa shape index (κ2) is 4.93. The molecule has 0 bridgehead atoms. The van der Waals surface area contributed by atoms with Gasteiger partial charge in [0.05, 0.1) is 6.10 Å². The number of benzene rings is 1. The number of aryl methyl sites for hydroxylation is 1. The number of hydrogen-bond acceptors (Lipinski definition) is 3. The van der Waals surface area contributed by atoms with E-state index in [1.165, 1.54) is 5.56 Å². The molecule has 0 aliphatic heterocycles. The largest absolute Gasteiger partial charge is 0.388 e. The third kappa shape index (κ3) is 2.01. The van der Waals surface area contributed by atoms with Gasteiger partial charge in [-0.3, -0.25) is 9.97 Å². The van der Waals surface area contributed by atoms with Gasteiger partial charge in [-0.05, 0) is 29.9 Å². The maximum absolute atomic E-state index is 10.9. The Hall–Kier alpha value is -2.26. The van der Waals surface area contributed by atoms with E-state index in [0.717, 1.165) is 34.9 Å². The first-order chi connectivity index (χ1) is 10.3. The molecule has 2 heterocycles. The van der Waals surface area contributed by atoms with Crippen molar-refractivity contribution in [1.29, 1.82) is 0 Å². The van der Waals surface area contributed by atoms with Crippen molar-refractivity contribution in [3.63, 3.8) is 0 Å². The van der Waals surface area contributed by atoms with Crippen molar-refractivity contribution in [1.82, 2.24) is 9.97 Å². The van der Waals surface area contributed by atoms with E-state index in [0.29, 0.717) is 0 Å². The molecule has 2 atom stereocenters. The van der Waals surface area contributed by atoms with Gasteiger partial charge < -0.3 is 5.11 Å². The van der Waals surface area contributed by atoms with Gasteiger partial charge in [0.1, 0.15) is 0 Å². The predicted octanol–water partition coefficient (Wildman–Crippen LogP) is 3.39. The highest BCUT2D eigenvalue weighted by molar-refractivity contribution is 5.85. The lowest BCUT2D eigenvalue weighted by Gasteiger charge is -2.20. The van der Waals surface area contributed by atoms with Crippen LogP contribution in [0.2, 0.25) is 0 Å². The maximum Gasteiger partial charge on any atom is 0.0894 e. The summed E-state index contributed by atoms with van der Waals surface area (Å²) in [6, 6.07) is 12.1. The van der Waals surface area contributed by atoms with Crippen LogP contribution in [0.5, 0.6) is 0 Å². The van der Waals surface area contributed by atoms with Crippen LogP contribution in [0.25, 0.3) is 10.8 Å². The van der Waals surface area contributed by atoms with Crippen LogP contribution < -0.4 is 0 Å². The van der Waals surface area contributed by atoms with E-state index in [1.54, 1.807) is 6.20 Å². The number of aliphatic hydroxyl groups is 1. The van der Waals surface area contributed by atoms with Gasteiger partial charge in [-0.2, -0.15) is 0 Å². The number of hydrogen-bond donors (Lipinski definition) is 1. The molecule has 0 spiro atoms. The summed E-state index contributed by atoms with van der Waals surface area (Å²) in [5, 5.41) is 13.0. The lowest BCUT2D eigenvalue weighted by atomic mass is 9.91. The normalized spacial score (nSPS) is 18.6. The third-order valence-electron chi connectivity index (χ3n) is 4.40. The zero-order chi connectivity index (χ0) is 14.2. The lowest BCUT2D eigenvalue weighted by molar-refractivity contribution is 0.144. The molecule has 0 saturated heterocycles. The third-order valence-corrected chi connectivity index (χ3v) is 4.40. The molecule has 0 saturated carbocycles. The highest BCUT2D eigenvalue weighted by Gasteiger charge is 2.31. The van der Waals surface area contributed by atoms with Crippen molar-refractivity contribution in [2.45, 2.75) is 24.9 Å². The SMILES string of the molecule is OC(c1cncc2ccccc12)C1CCc2cccnc21. The summed E-state index contributed by atoms with van der Waals surface area (Å²) in [4.78, 5) is 8.77. The Morgan fingerprint density at radius 2 is 2.00 bits per heavy atom. The van der Waals surface area contributed by atoms with Crippen molar-refractivity contribution in [2.24, 2.45) is 0 Å². The Balaban J connectivity index is 1.80. The number of aliphatic hydroxyl groups excluding tert-OH is 1. The van der Waals surface area contributed by atoms with Crippen molar-refractivity contribution >= 4 is 10.8 Å². The fraction of sp³-hybridized carbons (Fsp3) is 0.222. The summed E-state index contributed by atoms with van der Waals surface area (Å²) in [7, 11) is 0. The number of pyridine rings is 2.